The second kappa shape index (κ2) is 5.87. The fourth-order valence-electron chi connectivity index (χ4n) is 1.91. The van der Waals surface area contributed by atoms with Crippen molar-refractivity contribution < 1.29 is 0 Å². The van der Waals surface area contributed by atoms with E-state index in [1.54, 1.807) is 12.4 Å². The molecule has 20 heavy (non-hydrogen) atoms. The van der Waals surface area contributed by atoms with Crippen molar-refractivity contribution in [1.82, 2.24) is 29.9 Å². The summed E-state index contributed by atoms with van der Waals surface area (Å²) in [7, 11) is 3.90. The normalized spacial score (nSPS) is 10.5. The highest BCUT2D eigenvalue weighted by molar-refractivity contribution is 5.85. The molecule has 0 atom stereocenters. The van der Waals surface area contributed by atoms with Gasteiger partial charge in [-0.05, 0) is 12.0 Å². The summed E-state index contributed by atoms with van der Waals surface area (Å²) >= 11 is 0. The Morgan fingerprint density at radius 1 is 1.30 bits per heavy atom. The van der Waals surface area contributed by atoms with E-state index in [2.05, 4.69) is 25.3 Å². The minimum absolute atomic E-state index is 0. The third-order valence-electron chi connectivity index (χ3n) is 3.01. The molecule has 0 saturated heterocycles. The van der Waals surface area contributed by atoms with E-state index >= 15 is 0 Å². The van der Waals surface area contributed by atoms with Gasteiger partial charge in [0.2, 0.25) is 5.95 Å². The molecule has 7 nitrogen and oxygen atoms in total. The molecule has 0 aliphatic carbocycles. The molecule has 0 aromatic carbocycles. The van der Waals surface area contributed by atoms with Crippen molar-refractivity contribution in [3.63, 3.8) is 0 Å². The van der Waals surface area contributed by atoms with Gasteiger partial charge in [0.15, 0.2) is 5.65 Å². The van der Waals surface area contributed by atoms with Crippen molar-refractivity contribution >= 4 is 29.4 Å². The molecule has 0 fully saturated rings. The van der Waals surface area contributed by atoms with E-state index in [-0.39, 0.29) is 12.4 Å². The maximum atomic E-state index is 4.43. The Morgan fingerprint density at radius 3 is 2.90 bits per heavy atom. The summed E-state index contributed by atoms with van der Waals surface area (Å²) in [5.74, 6) is 0.695. The summed E-state index contributed by atoms with van der Waals surface area (Å²) in [6, 6.07) is 0. The van der Waals surface area contributed by atoms with E-state index in [4.69, 9.17) is 0 Å². The van der Waals surface area contributed by atoms with Crippen LogP contribution in [0, 0.1) is 0 Å². The van der Waals surface area contributed by atoms with Gasteiger partial charge in [-0.3, -0.25) is 9.78 Å². The van der Waals surface area contributed by atoms with Crippen LogP contribution >= 0.6 is 12.4 Å². The van der Waals surface area contributed by atoms with Crippen LogP contribution in [0.25, 0.3) is 11.0 Å². The molecule has 3 heterocycles. The third kappa shape index (κ3) is 2.88. The van der Waals surface area contributed by atoms with Gasteiger partial charge in [0, 0.05) is 33.0 Å². The number of rotatable bonds is 4. The molecule has 0 aliphatic heterocycles. The molecule has 0 radical (unpaired) electrons. The maximum Gasteiger partial charge on any atom is 0.227 e. The molecule has 106 valence electrons. The highest BCUT2D eigenvalue weighted by Gasteiger charge is 2.07. The summed E-state index contributed by atoms with van der Waals surface area (Å²) in [6.45, 7) is 0.839. The van der Waals surface area contributed by atoms with Gasteiger partial charge in [-0.2, -0.15) is 15.2 Å². The van der Waals surface area contributed by atoms with Crippen molar-refractivity contribution in [3.8, 4) is 0 Å². The topological polar surface area (TPSA) is 75.5 Å². The van der Waals surface area contributed by atoms with Crippen molar-refractivity contribution in [2.24, 2.45) is 7.05 Å². The molecule has 0 saturated carbocycles. The van der Waals surface area contributed by atoms with E-state index in [9.17, 15) is 0 Å². The predicted octanol–water partition coefficient (Wildman–Crippen LogP) is 1.19. The number of fused-ring (bicyclic) bond motifs is 1. The SMILES string of the molecule is CN(CCc1cnn(C)c1)c1ncc2cn[nH]c2n1.Cl. The van der Waals surface area contributed by atoms with Gasteiger partial charge in [-0.15, -0.1) is 12.4 Å². The first-order chi connectivity index (χ1) is 9.22. The van der Waals surface area contributed by atoms with Crippen LogP contribution in [0.15, 0.2) is 24.8 Å². The average Bonchev–Trinajstić information content (AvgIpc) is 3.03. The Balaban J connectivity index is 0.00000147. The molecule has 3 aromatic heterocycles. The van der Waals surface area contributed by atoms with E-state index in [1.165, 1.54) is 5.56 Å². The molecule has 0 unspecified atom stereocenters. The number of H-pyrrole nitrogens is 1. The van der Waals surface area contributed by atoms with Crippen LogP contribution in [0.3, 0.4) is 0 Å². The highest BCUT2D eigenvalue weighted by atomic mass is 35.5. The van der Waals surface area contributed by atoms with Gasteiger partial charge in [0.25, 0.3) is 0 Å². The number of aromatic nitrogens is 6. The molecular formula is C12H16ClN7. The summed E-state index contributed by atoms with van der Waals surface area (Å²) in [4.78, 5) is 10.8. The number of hydrogen-bond donors (Lipinski definition) is 1. The zero-order chi connectivity index (χ0) is 13.2. The highest BCUT2D eigenvalue weighted by Crippen LogP contribution is 2.11. The van der Waals surface area contributed by atoms with E-state index in [0.717, 1.165) is 24.0 Å². The van der Waals surface area contributed by atoms with Crippen molar-refractivity contribution in [1.29, 1.82) is 0 Å². The van der Waals surface area contributed by atoms with Gasteiger partial charge in [0.05, 0.1) is 17.8 Å². The molecule has 3 rings (SSSR count). The summed E-state index contributed by atoms with van der Waals surface area (Å²) in [5.41, 5.74) is 1.97. The predicted molar refractivity (Wildman–Crippen MR) is 79.1 cm³/mol. The Kier molecular flexibility index (Phi) is 4.19. The van der Waals surface area contributed by atoms with Crippen LogP contribution in [-0.4, -0.2) is 43.5 Å². The number of aryl methyl sites for hydroxylation is 1. The van der Waals surface area contributed by atoms with Crippen LogP contribution in [0.5, 0.6) is 0 Å². The third-order valence-corrected chi connectivity index (χ3v) is 3.01. The van der Waals surface area contributed by atoms with Crippen LogP contribution in [-0.2, 0) is 13.5 Å². The number of hydrogen-bond acceptors (Lipinski definition) is 5. The number of likely N-dealkylation sites (N-methyl/N-ethyl adjacent to an activating group) is 1. The lowest BCUT2D eigenvalue weighted by Crippen LogP contribution is -2.22. The fraction of sp³-hybridized carbons (Fsp3) is 0.333. The van der Waals surface area contributed by atoms with E-state index < -0.39 is 0 Å². The van der Waals surface area contributed by atoms with E-state index in [1.807, 2.05) is 36.1 Å². The second-order valence-electron chi connectivity index (χ2n) is 4.54. The second-order valence-corrected chi connectivity index (χ2v) is 4.54. The molecule has 0 aliphatic rings. The standard InChI is InChI=1S/C12H15N7.ClH/c1-18(4-3-9-5-15-19(2)8-9)12-13-6-10-7-14-17-11(10)16-12;/h5-8H,3-4H2,1-2H3,(H,13,14,16,17);1H. The van der Waals surface area contributed by atoms with Gasteiger partial charge in [-0.1, -0.05) is 0 Å². The number of anilines is 1. The number of halogens is 1. The Morgan fingerprint density at radius 2 is 2.15 bits per heavy atom. The zero-order valence-corrected chi connectivity index (χ0v) is 12.1. The van der Waals surface area contributed by atoms with Crippen molar-refractivity contribution in [2.45, 2.75) is 6.42 Å². The summed E-state index contributed by atoms with van der Waals surface area (Å²) < 4.78 is 1.81. The molecule has 0 spiro atoms. The first kappa shape index (κ1) is 14.3. The lowest BCUT2D eigenvalue weighted by molar-refractivity contribution is 0.766. The van der Waals surface area contributed by atoms with Gasteiger partial charge < -0.3 is 4.90 Å². The lowest BCUT2D eigenvalue weighted by atomic mass is 10.2. The summed E-state index contributed by atoms with van der Waals surface area (Å²) in [5, 5.41) is 11.9. The van der Waals surface area contributed by atoms with Gasteiger partial charge in [-0.25, -0.2) is 4.98 Å². The number of aromatic amines is 1. The Bertz CT molecular complexity index is 690. The zero-order valence-electron chi connectivity index (χ0n) is 11.3. The lowest BCUT2D eigenvalue weighted by Gasteiger charge is -2.15. The van der Waals surface area contributed by atoms with Gasteiger partial charge in [0.1, 0.15) is 0 Å². The Hall–Kier alpha value is -2.15. The molecule has 8 heteroatoms. The van der Waals surface area contributed by atoms with Crippen LogP contribution in [0.4, 0.5) is 5.95 Å². The molecule has 0 bridgehead atoms. The molecule has 0 amide bonds. The average molecular weight is 294 g/mol. The quantitative estimate of drug-likeness (QED) is 0.782. The Labute approximate surface area is 122 Å². The first-order valence-electron chi connectivity index (χ1n) is 6.07. The van der Waals surface area contributed by atoms with Crippen LogP contribution in [0.1, 0.15) is 5.56 Å². The minimum atomic E-state index is 0. The van der Waals surface area contributed by atoms with Gasteiger partial charge >= 0.3 is 0 Å². The van der Waals surface area contributed by atoms with E-state index in [0.29, 0.717) is 5.95 Å². The maximum absolute atomic E-state index is 4.43. The smallest absolute Gasteiger partial charge is 0.227 e. The largest absolute Gasteiger partial charge is 0.343 e. The van der Waals surface area contributed by atoms with Crippen LogP contribution < -0.4 is 4.90 Å². The molecule has 3 aromatic rings. The number of nitrogens with zero attached hydrogens (tertiary/aromatic N) is 6. The van der Waals surface area contributed by atoms with Crippen molar-refractivity contribution in [3.05, 3.63) is 30.4 Å². The molecular weight excluding hydrogens is 278 g/mol. The van der Waals surface area contributed by atoms with Crippen molar-refractivity contribution in [2.75, 3.05) is 18.5 Å². The first-order valence-corrected chi connectivity index (χ1v) is 6.07. The number of nitrogens with one attached hydrogen (secondary N) is 1. The molecule has 1 N–H and O–H groups in total. The van der Waals surface area contributed by atoms with Crippen LogP contribution in [0.2, 0.25) is 0 Å². The fourth-order valence-corrected chi connectivity index (χ4v) is 1.91. The monoisotopic (exact) mass is 293 g/mol. The minimum Gasteiger partial charge on any atom is -0.343 e. The summed E-state index contributed by atoms with van der Waals surface area (Å²) in [6.07, 6.45) is 8.31.